The van der Waals surface area contributed by atoms with Gasteiger partial charge >= 0.3 is 5.69 Å². The molecule has 0 bridgehead atoms. The van der Waals surface area contributed by atoms with Crippen LogP contribution in [0.3, 0.4) is 0 Å². The van der Waals surface area contributed by atoms with Crippen molar-refractivity contribution >= 4 is 15.9 Å². The van der Waals surface area contributed by atoms with Crippen molar-refractivity contribution in [1.29, 1.82) is 0 Å². The molecule has 10 heteroatoms. The van der Waals surface area contributed by atoms with Gasteiger partial charge in [-0.1, -0.05) is 0 Å². The zero-order valence-corrected chi connectivity index (χ0v) is 13.4. The van der Waals surface area contributed by atoms with Gasteiger partial charge in [-0.05, 0) is 12.8 Å². The third kappa shape index (κ3) is 2.56. The predicted molar refractivity (Wildman–Crippen MR) is 77.5 cm³/mol. The van der Waals surface area contributed by atoms with Gasteiger partial charge in [0, 0.05) is 27.2 Å². The van der Waals surface area contributed by atoms with Crippen molar-refractivity contribution in [3.8, 4) is 0 Å². The molecule has 0 saturated heterocycles. The van der Waals surface area contributed by atoms with Gasteiger partial charge in [-0.15, -0.1) is 0 Å². The number of aromatic nitrogens is 3. The van der Waals surface area contributed by atoms with Crippen LogP contribution >= 0.6 is 0 Å². The molecule has 1 aliphatic carbocycles. The number of hydrogen-bond donors (Lipinski definition) is 0. The predicted octanol–water partition coefficient (Wildman–Crippen LogP) is -1.56. The number of amides is 1. The second-order valence-electron chi connectivity index (χ2n) is 5.87. The van der Waals surface area contributed by atoms with Gasteiger partial charge in [-0.3, -0.25) is 9.36 Å². The Kier molecular flexibility index (Phi) is 3.60. The second-order valence-corrected chi connectivity index (χ2v) is 8.09. The zero-order valence-electron chi connectivity index (χ0n) is 12.6. The Morgan fingerprint density at radius 1 is 1.32 bits per heavy atom. The van der Waals surface area contributed by atoms with Crippen LogP contribution in [0.5, 0.6) is 0 Å². The first kappa shape index (κ1) is 15.2. The van der Waals surface area contributed by atoms with E-state index in [0.717, 1.165) is 4.68 Å². The monoisotopic (exact) mass is 329 g/mol. The number of carbonyl (C=O) groups excluding carboxylic acids is 1. The number of sulfonamides is 1. The number of hydrogen-bond acceptors (Lipinski definition) is 5. The second kappa shape index (κ2) is 5.20. The number of carbonyl (C=O) groups is 1. The maximum atomic E-state index is 12.3. The lowest BCUT2D eigenvalue weighted by molar-refractivity contribution is -0.129. The Labute approximate surface area is 128 Å². The molecule has 0 atom stereocenters. The average molecular weight is 329 g/mol. The van der Waals surface area contributed by atoms with Crippen LogP contribution in [0.15, 0.2) is 4.79 Å². The highest BCUT2D eigenvalue weighted by atomic mass is 32.2. The Hall–Kier alpha value is -1.68. The quantitative estimate of drug-likeness (QED) is 0.665. The molecule has 1 aromatic rings. The zero-order chi connectivity index (χ0) is 16.1. The van der Waals surface area contributed by atoms with Crippen LogP contribution in [0.2, 0.25) is 0 Å². The van der Waals surface area contributed by atoms with Gasteiger partial charge in [-0.25, -0.2) is 17.9 Å². The standard InChI is InChI=1S/C12H19N5O4S/c1-14(2)11(18)8-17-12(19)16-6-5-15(7-10(16)13-17)22(20,21)9-3-4-9/h9H,3-8H2,1-2H3. The van der Waals surface area contributed by atoms with Gasteiger partial charge in [0.25, 0.3) is 0 Å². The van der Waals surface area contributed by atoms with Crippen molar-refractivity contribution in [2.24, 2.45) is 0 Å². The van der Waals surface area contributed by atoms with Crippen molar-refractivity contribution in [3.63, 3.8) is 0 Å². The molecule has 2 heterocycles. The fourth-order valence-electron chi connectivity index (χ4n) is 2.44. The molecular weight excluding hydrogens is 310 g/mol. The van der Waals surface area contributed by atoms with E-state index in [2.05, 4.69) is 5.10 Å². The summed E-state index contributed by atoms with van der Waals surface area (Å²) < 4.78 is 28.5. The summed E-state index contributed by atoms with van der Waals surface area (Å²) in [6.07, 6.45) is 1.41. The normalized spacial score (nSPS) is 19.0. The van der Waals surface area contributed by atoms with E-state index in [9.17, 15) is 18.0 Å². The molecule has 1 amide bonds. The first-order valence-electron chi connectivity index (χ1n) is 7.16. The Morgan fingerprint density at radius 3 is 2.59 bits per heavy atom. The highest BCUT2D eigenvalue weighted by Gasteiger charge is 2.41. The molecule has 0 N–H and O–H groups in total. The molecular formula is C12H19N5O4S. The fraction of sp³-hybridized carbons (Fsp3) is 0.750. The average Bonchev–Trinajstić information content (AvgIpc) is 3.26. The maximum absolute atomic E-state index is 12.3. The topological polar surface area (TPSA) is 97.5 Å². The highest BCUT2D eigenvalue weighted by molar-refractivity contribution is 7.90. The Bertz CT molecular complexity index is 759. The molecule has 1 aliphatic heterocycles. The highest BCUT2D eigenvalue weighted by Crippen LogP contribution is 2.32. The summed E-state index contributed by atoms with van der Waals surface area (Å²) in [5, 5.41) is 3.85. The maximum Gasteiger partial charge on any atom is 0.346 e. The van der Waals surface area contributed by atoms with E-state index in [0.29, 0.717) is 18.7 Å². The van der Waals surface area contributed by atoms with E-state index in [4.69, 9.17) is 0 Å². The Morgan fingerprint density at radius 2 is 2.00 bits per heavy atom. The van der Waals surface area contributed by atoms with Crippen LogP contribution in [0.25, 0.3) is 0 Å². The summed E-state index contributed by atoms with van der Waals surface area (Å²) >= 11 is 0. The molecule has 122 valence electrons. The molecule has 1 fully saturated rings. The van der Waals surface area contributed by atoms with Gasteiger partial charge < -0.3 is 4.90 Å². The summed E-state index contributed by atoms with van der Waals surface area (Å²) in [7, 11) is -0.0692. The third-order valence-corrected chi connectivity index (χ3v) is 6.32. The molecule has 2 aliphatic rings. The molecule has 9 nitrogen and oxygen atoms in total. The minimum absolute atomic E-state index is 0.0945. The molecule has 0 radical (unpaired) electrons. The summed E-state index contributed by atoms with van der Waals surface area (Å²) in [4.78, 5) is 25.3. The van der Waals surface area contributed by atoms with Crippen LogP contribution in [0, 0.1) is 0 Å². The minimum Gasteiger partial charge on any atom is -0.347 e. The van der Waals surface area contributed by atoms with Gasteiger partial charge in [0.2, 0.25) is 15.9 Å². The van der Waals surface area contributed by atoms with Crippen molar-refractivity contribution < 1.29 is 13.2 Å². The Balaban J connectivity index is 1.83. The van der Waals surface area contributed by atoms with Crippen LogP contribution in [0.4, 0.5) is 0 Å². The first-order valence-corrected chi connectivity index (χ1v) is 8.66. The van der Waals surface area contributed by atoms with Crippen molar-refractivity contribution in [1.82, 2.24) is 23.6 Å². The third-order valence-electron chi connectivity index (χ3n) is 3.98. The number of fused-ring (bicyclic) bond motifs is 1. The molecule has 22 heavy (non-hydrogen) atoms. The lowest BCUT2D eigenvalue weighted by Gasteiger charge is -2.25. The fourth-order valence-corrected chi connectivity index (χ4v) is 4.23. The lowest BCUT2D eigenvalue weighted by Crippen LogP contribution is -2.42. The summed E-state index contributed by atoms with van der Waals surface area (Å²) in [6, 6.07) is 0. The molecule has 1 saturated carbocycles. The van der Waals surface area contributed by atoms with Gasteiger partial charge in [0.1, 0.15) is 12.4 Å². The lowest BCUT2D eigenvalue weighted by atomic mass is 10.4. The summed E-state index contributed by atoms with van der Waals surface area (Å²) in [5.74, 6) is 0.159. The van der Waals surface area contributed by atoms with Crippen LogP contribution in [0.1, 0.15) is 18.7 Å². The molecule has 0 aromatic carbocycles. The van der Waals surface area contributed by atoms with Crippen LogP contribution < -0.4 is 5.69 Å². The van der Waals surface area contributed by atoms with Crippen LogP contribution in [-0.4, -0.2) is 63.8 Å². The van der Waals surface area contributed by atoms with Gasteiger partial charge in [-0.2, -0.15) is 9.40 Å². The van der Waals surface area contributed by atoms with Crippen LogP contribution in [-0.2, 0) is 34.5 Å². The summed E-state index contributed by atoms with van der Waals surface area (Å²) in [6.45, 7) is 0.508. The smallest absolute Gasteiger partial charge is 0.346 e. The van der Waals surface area contributed by atoms with Gasteiger partial charge in [0.05, 0.1) is 11.8 Å². The number of rotatable bonds is 4. The minimum atomic E-state index is -3.28. The van der Waals surface area contributed by atoms with E-state index in [1.807, 2.05) is 0 Å². The first-order chi connectivity index (χ1) is 10.3. The van der Waals surface area contributed by atoms with E-state index in [1.165, 1.54) is 13.8 Å². The van der Waals surface area contributed by atoms with E-state index < -0.39 is 10.0 Å². The van der Waals surface area contributed by atoms with E-state index in [1.54, 1.807) is 14.1 Å². The number of nitrogens with zero attached hydrogens (tertiary/aromatic N) is 5. The molecule has 0 spiro atoms. The largest absolute Gasteiger partial charge is 0.347 e. The molecule has 0 unspecified atom stereocenters. The van der Waals surface area contributed by atoms with Crippen molar-refractivity contribution in [2.75, 3.05) is 20.6 Å². The van der Waals surface area contributed by atoms with Crippen molar-refractivity contribution in [2.45, 2.75) is 37.7 Å². The number of likely N-dealkylation sites (N-methyl/N-ethyl adjacent to an activating group) is 1. The van der Waals surface area contributed by atoms with Gasteiger partial charge in [0.15, 0.2) is 0 Å². The SMILES string of the molecule is CN(C)C(=O)Cn1nc2n(c1=O)CCN(S(=O)(=O)C1CC1)C2. The van der Waals surface area contributed by atoms with Crippen molar-refractivity contribution in [3.05, 3.63) is 16.3 Å². The molecule has 1 aromatic heterocycles. The van der Waals surface area contributed by atoms with E-state index in [-0.39, 0.29) is 43.0 Å². The van der Waals surface area contributed by atoms with E-state index >= 15 is 0 Å². The summed E-state index contributed by atoms with van der Waals surface area (Å²) in [5.41, 5.74) is -0.367. The molecule has 3 rings (SSSR count).